The molecule has 1 aromatic rings. The smallest absolute Gasteiger partial charge is 0.252 e. The van der Waals surface area contributed by atoms with E-state index in [2.05, 4.69) is 14.9 Å². The van der Waals surface area contributed by atoms with Crippen LogP contribution in [0.4, 0.5) is 5.69 Å². The first kappa shape index (κ1) is 18.0. The lowest BCUT2D eigenvalue weighted by Gasteiger charge is -2.26. The lowest BCUT2D eigenvalue weighted by atomic mass is 10.2. The van der Waals surface area contributed by atoms with E-state index in [9.17, 15) is 13.2 Å². The van der Waals surface area contributed by atoms with Gasteiger partial charge in [-0.15, -0.1) is 0 Å². The molecule has 0 aliphatic carbocycles. The molecule has 1 aliphatic heterocycles. The summed E-state index contributed by atoms with van der Waals surface area (Å²) in [5.41, 5.74) is 0.539. The molecule has 1 aliphatic rings. The van der Waals surface area contributed by atoms with Crippen LogP contribution in [0.15, 0.2) is 18.2 Å². The molecular formula is C14H20ClN3O4S. The van der Waals surface area contributed by atoms with Gasteiger partial charge < -0.3 is 10.1 Å². The first-order valence-electron chi connectivity index (χ1n) is 7.21. The highest BCUT2D eigenvalue weighted by molar-refractivity contribution is 7.92. The molecule has 1 fully saturated rings. The van der Waals surface area contributed by atoms with E-state index < -0.39 is 10.0 Å². The number of carbonyl (C=O) groups excluding carboxylic acids is 1. The van der Waals surface area contributed by atoms with Gasteiger partial charge in [0.1, 0.15) is 0 Å². The summed E-state index contributed by atoms with van der Waals surface area (Å²) in [5.74, 6) is -0.333. The lowest BCUT2D eigenvalue weighted by molar-refractivity contribution is 0.0383. The SMILES string of the molecule is CS(=O)(=O)Nc1ccc(Cl)c(C(=O)NCCN2CCOCC2)c1. The van der Waals surface area contributed by atoms with Crippen molar-refractivity contribution in [3.63, 3.8) is 0 Å². The third-order valence-electron chi connectivity index (χ3n) is 3.33. The number of carbonyl (C=O) groups is 1. The number of nitrogens with one attached hydrogen (secondary N) is 2. The van der Waals surface area contributed by atoms with Gasteiger partial charge in [-0.2, -0.15) is 0 Å². The van der Waals surface area contributed by atoms with Crippen LogP contribution in [0.5, 0.6) is 0 Å². The fraction of sp³-hybridized carbons (Fsp3) is 0.500. The van der Waals surface area contributed by atoms with E-state index >= 15 is 0 Å². The maximum Gasteiger partial charge on any atom is 0.252 e. The molecule has 0 saturated carbocycles. The number of benzene rings is 1. The number of hydrogen-bond acceptors (Lipinski definition) is 5. The fourth-order valence-corrected chi connectivity index (χ4v) is 2.98. The summed E-state index contributed by atoms with van der Waals surface area (Å²) in [6.07, 6.45) is 1.05. The summed E-state index contributed by atoms with van der Waals surface area (Å²) in [6, 6.07) is 4.42. The van der Waals surface area contributed by atoms with Crippen LogP contribution in [0, 0.1) is 0 Å². The van der Waals surface area contributed by atoms with E-state index in [1.807, 2.05) is 0 Å². The molecule has 2 N–H and O–H groups in total. The summed E-state index contributed by atoms with van der Waals surface area (Å²) in [6.45, 7) is 4.33. The van der Waals surface area contributed by atoms with Gasteiger partial charge in [-0.25, -0.2) is 8.42 Å². The molecule has 0 spiro atoms. The lowest BCUT2D eigenvalue weighted by Crippen LogP contribution is -2.41. The zero-order chi connectivity index (χ0) is 16.9. The Balaban J connectivity index is 1.93. The molecular weight excluding hydrogens is 342 g/mol. The van der Waals surface area contributed by atoms with Crippen LogP contribution in [0.2, 0.25) is 5.02 Å². The van der Waals surface area contributed by atoms with E-state index in [-0.39, 0.29) is 16.5 Å². The van der Waals surface area contributed by atoms with Gasteiger partial charge in [0.05, 0.1) is 30.1 Å². The molecule has 0 atom stereocenters. The van der Waals surface area contributed by atoms with Crippen LogP contribution in [-0.2, 0) is 14.8 Å². The number of anilines is 1. The Morgan fingerprint density at radius 1 is 1.35 bits per heavy atom. The van der Waals surface area contributed by atoms with E-state index in [1.165, 1.54) is 18.2 Å². The highest BCUT2D eigenvalue weighted by Gasteiger charge is 2.14. The molecule has 7 nitrogen and oxygen atoms in total. The van der Waals surface area contributed by atoms with Gasteiger partial charge in [0, 0.05) is 31.9 Å². The second-order valence-electron chi connectivity index (χ2n) is 5.28. The third kappa shape index (κ3) is 5.98. The maximum atomic E-state index is 12.2. The molecule has 1 saturated heterocycles. The molecule has 23 heavy (non-hydrogen) atoms. The van der Waals surface area contributed by atoms with Crippen LogP contribution in [0.25, 0.3) is 0 Å². The summed E-state index contributed by atoms with van der Waals surface area (Å²) in [7, 11) is -3.41. The number of amides is 1. The van der Waals surface area contributed by atoms with Crippen LogP contribution >= 0.6 is 11.6 Å². The van der Waals surface area contributed by atoms with Crippen LogP contribution < -0.4 is 10.0 Å². The Morgan fingerprint density at radius 3 is 2.70 bits per heavy atom. The number of rotatable bonds is 6. The predicted octanol–water partition coefficient (Wildman–Crippen LogP) is 0.773. The minimum absolute atomic E-state index is 0.238. The Kier molecular flexibility index (Phi) is 6.23. The number of morpholine rings is 1. The van der Waals surface area contributed by atoms with E-state index in [1.54, 1.807) is 0 Å². The van der Waals surface area contributed by atoms with Crippen molar-refractivity contribution in [2.75, 3.05) is 50.4 Å². The van der Waals surface area contributed by atoms with E-state index in [4.69, 9.17) is 16.3 Å². The fourth-order valence-electron chi connectivity index (χ4n) is 2.22. The summed E-state index contributed by atoms with van der Waals surface area (Å²) >= 11 is 6.02. The molecule has 0 aromatic heterocycles. The number of nitrogens with zero attached hydrogens (tertiary/aromatic N) is 1. The van der Waals surface area contributed by atoms with Crippen molar-refractivity contribution in [2.45, 2.75) is 0 Å². The topological polar surface area (TPSA) is 87.7 Å². The number of halogens is 1. The summed E-state index contributed by atoms with van der Waals surface area (Å²) in [4.78, 5) is 14.4. The minimum Gasteiger partial charge on any atom is -0.379 e. The summed E-state index contributed by atoms with van der Waals surface area (Å²) in [5, 5.41) is 3.07. The zero-order valence-electron chi connectivity index (χ0n) is 12.8. The second-order valence-corrected chi connectivity index (χ2v) is 7.43. The van der Waals surface area contributed by atoms with Crippen molar-refractivity contribution < 1.29 is 17.9 Å². The van der Waals surface area contributed by atoms with Crippen LogP contribution in [-0.4, -0.2) is 64.9 Å². The predicted molar refractivity (Wildman–Crippen MR) is 89.5 cm³/mol. The van der Waals surface area contributed by atoms with E-state index in [0.29, 0.717) is 25.4 Å². The third-order valence-corrected chi connectivity index (χ3v) is 4.27. The molecule has 0 radical (unpaired) electrons. The molecule has 0 bridgehead atoms. The Morgan fingerprint density at radius 2 is 2.04 bits per heavy atom. The van der Waals surface area contributed by atoms with Crippen molar-refractivity contribution in [1.82, 2.24) is 10.2 Å². The Hall–Kier alpha value is -1.35. The normalized spacial score (nSPS) is 16.1. The highest BCUT2D eigenvalue weighted by Crippen LogP contribution is 2.21. The van der Waals surface area contributed by atoms with Crippen molar-refractivity contribution in [2.24, 2.45) is 0 Å². The number of hydrogen-bond donors (Lipinski definition) is 2. The monoisotopic (exact) mass is 361 g/mol. The molecule has 2 rings (SSSR count). The molecule has 9 heteroatoms. The maximum absolute atomic E-state index is 12.2. The van der Waals surface area contributed by atoms with Gasteiger partial charge in [0.15, 0.2) is 0 Å². The van der Waals surface area contributed by atoms with E-state index in [0.717, 1.165) is 25.9 Å². The van der Waals surface area contributed by atoms with Crippen molar-refractivity contribution in [1.29, 1.82) is 0 Å². The van der Waals surface area contributed by atoms with Gasteiger partial charge in [-0.05, 0) is 18.2 Å². The van der Waals surface area contributed by atoms with Gasteiger partial charge in [-0.1, -0.05) is 11.6 Å². The van der Waals surface area contributed by atoms with Gasteiger partial charge in [0.25, 0.3) is 5.91 Å². The first-order chi connectivity index (χ1) is 10.8. The Labute approximate surface area is 141 Å². The molecule has 0 unspecified atom stereocenters. The number of ether oxygens (including phenoxy) is 1. The first-order valence-corrected chi connectivity index (χ1v) is 9.48. The van der Waals surface area contributed by atoms with Gasteiger partial charge in [-0.3, -0.25) is 14.4 Å². The van der Waals surface area contributed by atoms with Crippen molar-refractivity contribution in [3.05, 3.63) is 28.8 Å². The van der Waals surface area contributed by atoms with Crippen LogP contribution in [0.1, 0.15) is 10.4 Å². The number of sulfonamides is 1. The standard InChI is InChI=1S/C14H20ClN3O4S/c1-23(20,21)17-11-2-3-13(15)12(10-11)14(19)16-4-5-18-6-8-22-9-7-18/h2-3,10,17H,4-9H2,1H3,(H,16,19). The average Bonchev–Trinajstić information content (AvgIpc) is 2.49. The van der Waals surface area contributed by atoms with Gasteiger partial charge >= 0.3 is 0 Å². The molecule has 128 valence electrons. The van der Waals surface area contributed by atoms with Crippen LogP contribution in [0.3, 0.4) is 0 Å². The van der Waals surface area contributed by atoms with Crippen molar-refractivity contribution in [3.8, 4) is 0 Å². The Bertz CT molecular complexity index is 660. The quantitative estimate of drug-likeness (QED) is 0.781. The summed E-state index contributed by atoms with van der Waals surface area (Å²) < 4.78 is 30.1. The van der Waals surface area contributed by atoms with Gasteiger partial charge in [0.2, 0.25) is 10.0 Å². The largest absolute Gasteiger partial charge is 0.379 e. The average molecular weight is 362 g/mol. The zero-order valence-corrected chi connectivity index (χ0v) is 14.4. The minimum atomic E-state index is -3.41. The van der Waals surface area contributed by atoms with Crippen molar-refractivity contribution >= 4 is 33.2 Å². The molecule has 1 amide bonds. The molecule has 1 heterocycles. The highest BCUT2D eigenvalue weighted by atomic mass is 35.5. The second kappa shape index (κ2) is 7.96. The molecule has 1 aromatic carbocycles.